The summed E-state index contributed by atoms with van der Waals surface area (Å²) in [5.74, 6) is 0. The van der Waals surface area contributed by atoms with Crippen LogP contribution in [0.15, 0.2) is 29.2 Å². The summed E-state index contributed by atoms with van der Waals surface area (Å²) in [5.41, 5.74) is 3.05. The normalized spacial score (nSPS) is 15.3. The summed E-state index contributed by atoms with van der Waals surface area (Å²) in [6.07, 6.45) is 4.31. The van der Waals surface area contributed by atoms with E-state index < -0.39 is 0 Å². The van der Waals surface area contributed by atoms with Crippen LogP contribution in [-0.2, 0) is 12.8 Å². The van der Waals surface area contributed by atoms with Crippen LogP contribution in [0.25, 0.3) is 10.9 Å². The number of aromatic nitrogens is 1. The van der Waals surface area contributed by atoms with Gasteiger partial charge in [0.2, 0.25) is 5.52 Å². The summed E-state index contributed by atoms with van der Waals surface area (Å²) in [7, 11) is 0. The van der Waals surface area contributed by atoms with Crippen molar-refractivity contribution in [2.45, 2.75) is 56.1 Å². The molecule has 2 nitrogen and oxygen atoms in total. The molecule has 1 heterocycles. The fourth-order valence-corrected chi connectivity index (χ4v) is 3.89. The van der Waals surface area contributed by atoms with Crippen LogP contribution in [0, 0.1) is 5.21 Å². The van der Waals surface area contributed by atoms with Crippen molar-refractivity contribution in [3.8, 4) is 0 Å². The lowest BCUT2D eigenvalue weighted by molar-refractivity contribution is -0.587. The van der Waals surface area contributed by atoms with Crippen molar-refractivity contribution in [1.82, 2.24) is 0 Å². The van der Waals surface area contributed by atoms with Crippen LogP contribution < -0.4 is 4.73 Å². The second-order valence-electron chi connectivity index (χ2n) is 6.55. The topological polar surface area (TPSA) is 26.9 Å². The van der Waals surface area contributed by atoms with Crippen molar-refractivity contribution >= 4 is 22.7 Å². The van der Waals surface area contributed by atoms with Crippen molar-refractivity contribution in [3.63, 3.8) is 0 Å². The Balaban J connectivity index is 2.11. The van der Waals surface area contributed by atoms with E-state index in [0.29, 0.717) is 0 Å². The molecule has 0 atom stereocenters. The standard InChI is InChI=1S/C17H21NOS/c1-17(2,3)20-14-9-8-13-10-12-6-4-5-7-15(12)18(19)16(13)11-14/h8-11H,4-7H2,1-3H3. The zero-order valence-corrected chi connectivity index (χ0v) is 13.2. The van der Waals surface area contributed by atoms with Gasteiger partial charge in [-0.3, -0.25) is 0 Å². The summed E-state index contributed by atoms with van der Waals surface area (Å²) in [6.45, 7) is 6.58. The molecule has 1 aliphatic rings. The quantitative estimate of drug-likeness (QED) is 0.445. The second kappa shape index (κ2) is 4.96. The average molecular weight is 287 g/mol. The maximum atomic E-state index is 12.6. The van der Waals surface area contributed by atoms with Gasteiger partial charge in [0.25, 0.3) is 0 Å². The molecule has 0 N–H and O–H groups in total. The highest BCUT2D eigenvalue weighted by atomic mass is 32.2. The fraction of sp³-hybridized carbons (Fsp3) is 0.471. The van der Waals surface area contributed by atoms with Gasteiger partial charge in [0, 0.05) is 33.1 Å². The van der Waals surface area contributed by atoms with Crippen molar-refractivity contribution in [2.75, 3.05) is 0 Å². The van der Waals surface area contributed by atoms with Crippen molar-refractivity contribution in [3.05, 3.63) is 40.7 Å². The first-order valence-corrected chi connectivity index (χ1v) is 8.13. The Hall–Kier alpha value is -1.22. The third-order valence-corrected chi connectivity index (χ3v) is 4.80. The molecule has 0 radical (unpaired) electrons. The van der Waals surface area contributed by atoms with E-state index in [1.54, 1.807) is 0 Å². The van der Waals surface area contributed by atoms with Gasteiger partial charge in [-0.25, -0.2) is 0 Å². The predicted molar refractivity (Wildman–Crippen MR) is 85.2 cm³/mol. The number of rotatable bonds is 1. The fourth-order valence-electron chi connectivity index (χ4n) is 2.87. The lowest BCUT2D eigenvalue weighted by Gasteiger charge is -2.19. The second-order valence-corrected chi connectivity index (χ2v) is 8.45. The van der Waals surface area contributed by atoms with E-state index in [-0.39, 0.29) is 4.75 Å². The average Bonchev–Trinajstić information content (AvgIpc) is 2.38. The minimum Gasteiger partial charge on any atom is -0.618 e. The van der Waals surface area contributed by atoms with Gasteiger partial charge in [0.15, 0.2) is 5.69 Å². The van der Waals surface area contributed by atoms with Crippen LogP contribution in [0.3, 0.4) is 0 Å². The highest BCUT2D eigenvalue weighted by Crippen LogP contribution is 2.33. The van der Waals surface area contributed by atoms with E-state index in [4.69, 9.17) is 0 Å². The highest BCUT2D eigenvalue weighted by molar-refractivity contribution is 8.00. The monoisotopic (exact) mass is 287 g/mol. The molecule has 0 spiro atoms. The molecule has 0 aliphatic heterocycles. The molecule has 20 heavy (non-hydrogen) atoms. The molecular weight excluding hydrogens is 266 g/mol. The van der Waals surface area contributed by atoms with Crippen LogP contribution in [-0.4, -0.2) is 4.75 Å². The van der Waals surface area contributed by atoms with Crippen molar-refractivity contribution in [1.29, 1.82) is 0 Å². The Bertz CT molecular complexity index is 658. The lowest BCUT2D eigenvalue weighted by atomic mass is 9.94. The van der Waals surface area contributed by atoms with E-state index in [2.05, 4.69) is 39.0 Å². The summed E-state index contributed by atoms with van der Waals surface area (Å²) in [4.78, 5) is 1.17. The van der Waals surface area contributed by atoms with E-state index in [9.17, 15) is 5.21 Å². The van der Waals surface area contributed by atoms with Gasteiger partial charge in [0.1, 0.15) is 0 Å². The largest absolute Gasteiger partial charge is 0.618 e. The Morgan fingerprint density at radius 2 is 1.85 bits per heavy atom. The molecule has 0 unspecified atom stereocenters. The molecule has 0 fully saturated rings. The predicted octanol–water partition coefficient (Wildman–Crippen LogP) is 4.24. The minimum atomic E-state index is 0.162. The minimum absolute atomic E-state index is 0.162. The Morgan fingerprint density at radius 3 is 2.60 bits per heavy atom. The zero-order valence-electron chi connectivity index (χ0n) is 12.4. The van der Waals surface area contributed by atoms with Gasteiger partial charge in [0.05, 0.1) is 0 Å². The number of fused-ring (bicyclic) bond motifs is 2. The smallest absolute Gasteiger partial charge is 0.225 e. The molecule has 0 saturated carbocycles. The number of nitrogens with zero attached hydrogens (tertiary/aromatic N) is 1. The molecule has 2 aromatic rings. The first-order chi connectivity index (χ1) is 9.44. The maximum Gasteiger partial charge on any atom is 0.225 e. The van der Waals surface area contributed by atoms with E-state index in [0.717, 1.165) is 35.9 Å². The number of hydrogen-bond acceptors (Lipinski definition) is 2. The number of hydrogen-bond donors (Lipinski definition) is 0. The molecule has 3 rings (SSSR count). The molecule has 1 aromatic carbocycles. The molecule has 0 saturated heterocycles. The number of aryl methyl sites for hydroxylation is 1. The van der Waals surface area contributed by atoms with E-state index in [1.807, 2.05) is 17.8 Å². The van der Waals surface area contributed by atoms with Crippen LogP contribution >= 0.6 is 11.8 Å². The van der Waals surface area contributed by atoms with Gasteiger partial charge in [-0.15, -0.1) is 11.8 Å². The van der Waals surface area contributed by atoms with E-state index >= 15 is 0 Å². The van der Waals surface area contributed by atoms with E-state index in [1.165, 1.54) is 21.6 Å². The van der Waals surface area contributed by atoms with Gasteiger partial charge in [-0.1, -0.05) is 20.8 Å². The van der Waals surface area contributed by atoms with Crippen LogP contribution in [0.4, 0.5) is 0 Å². The Labute approximate surface area is 124 Å². The van der Waals surface area contributed by atoms with Crippen LogP contribution in [0.1, 0.15) is 44.9 Å². The maximum absolute atomic E-state index is 12.6. The van der Waals surface area contributed by atoms with Crippen molar-refractivity contribution < 1.29 is 4.73 Å². The first-order valence-electron chi connectivity index (χ1n) is 7.31. The zero-order chi connectivity index (χ0) is 14.3. The Kier molecular flexibility index (Phi) is 3.41. The molecule has 3 heteroatoms. The molecule has 0 bridgehead atoms. The Morgan fingerprint density at radius 1 is 1.10 bits per heavy atom. The van der Waals surface area contributed by atoms with Crippen molar-refractivity contribution in [2.24, 2.45) is 0 Å². The highest BCUT2D eigenvalue weighted by Gasteiger charge is 2.21. The third kappa shape index (κ3) is 2.64. The molecule has 106 valence electrons. The number of benzene rings is 1. The lowest BCUT2D eigenvalue weighted by Crippen LogP contribution is -2.35. The summed E-state index contributed by atoms with van der Waals surface area (Å²) < 4.78 is 1.34. The van der Waals surface area contributed by atoms with Gasteiger partial charge in [-0.05, 0) is 37.5 Å². The molecular formula is C17H21NOS. The van der Waals surface area contributed by atoms with Gasteiger partial charge >= 0.3 is 0 Å². The molecule has 1 aliphatic carbocycles. The number of thioether (sulfide) groups is 1. The summed E-state index contributed by atoms with van der Waals surface area (Å²) in [6, 6.07) is 8.48. The molecule has 0 amide bonds. The van der Waals surface area contributed by atoms with Gasteiger partial charge in [-0.2, -0.15) is 4.73 Å². The summed E-state index contributed by atoms with van der Waals surface area (Å²) in [5, 5.41) is 13.7. The van der Waals surface area contributed by atoms with Gasteiger partial charge < -0.3 is 5.21 Å². The SMILES string of the molecule is CC(C)(C)Sc1ccc2cc3c([n+]([O-])c2c1)CCCC3. The number of pyridine rings is 1. The summed E-state index contributed by atoms with van der Waals surface area (Å²) >= 11 is 1.81. The molecule has 1 aromatic heterocycles. The third-order valence-electron chi connectivity index (χ3n) is 3.70. The first kappa shape index (κ1) is 13.7. The van der Waals surface area contributed by atoms with Crippen LogP contribution in [0.5, 0.6) is 0 Å². The van der Waals surface area contributed by atoms with Crippen LogP contribution in [0.2, 0.25) is 0 Å².